The lowest BCUT2D eigenvalue weighted by Crippen LogP contribution is -2.35. The molecule has 2 rings (SSSR count). The van der Waals surface area contributed by atoms with E-state index in [4.69, 9.17) is 19.5 Å². The van der Waals surface area contributed by atoms with Crippen molar-refractivity contribution in [2.45, 2.75) is 64.8 Å². The van der Waals surface area contributed by atoms with Crippen LogP contribution in [0.4, 0.5) is 0 Å². The molecule has 0 aromatic rings. The Balaban J connectivity index is 1.85. The van der Waals surface area contributed by atoms with Crippen LogP contribution in [0.3, 0.4) is 0 Å². The Morgan fingerprint density at radius 2 is 1.33 bits per heavy atom. The third-order valence-electron chi connectivity index (χ3n) is 4.15. The predicted molar refractivity (Wildman–Crippen MR) is 91.2 cm³/mol. The van der Waals surface area contributed by atoms with Gasteiger partial charge in [-0.3, -0.25) is 9.98 Å². The van der Waals surface area contributed by atoms with Gasteiger partial charge in [-0.15, -0.1) is 11.8 Å². The average Bonchev–Trinajstić information content (AvgIpc) is 2.51. The normalized spacial score (nSPS) is 33.5. The summed E-state index contributed by atoms with van der Waals surface area (Å²) in [6, 6.07) is 0.686. The van der Waals surface area contributed by atoms with Gasteiger partial charge in [0, 0.05) is 11.5 Å². The summed E-state index contributed by atoms with van der Waals surface area (Å²) in [5.74, 6) is 1.86. The summed E-state index contributed by atoms with van der Waals surface area (Å²) in [4.78, 5) is 9.63. The molecule has 120 valence electrons. The molecular weight excluding hydrogens is 284 g/mol. The van der Waals surface area contributed by atoms with Gasteiger partial charge in [0.1, 0.15) is 0 Å². The Bertz CT molecular complexity index is 362. The first-order valence-electron chi connectivity index (χ1n) is 8.08. The van der Waals surface area contributed by atoms with Gasteiger partial charge in [0.25, 0.3) is 0 Å². The molecule has 0 saturated carbocycles. The second-order valence-electron chi connectivity index (χ2n) is 5.81. The third-order valence-corrected chi connectivity index (χ3v) is 5.15. The van der Waals surface area contributed by atoms with E-state index in [-0.39, 0.29) is 12.2 Å². The Morgan fingerprint density at radius 1 is 0.905 bits per heavy atom. The minimum atomic E-state index is 0.158. The molecule has 4 atom stereocenters. The number of thioether (sulfide) groups is 1. The Morgan fingerprint density at radius 3 is 1.71 bits per heavy atom. The number of hydrogen-bond acceptors (Lipinski definition) is 5. The molecule has 0 fully saturated rings. The van der Waals surface area contributed by atoms with Crippen molar-refractivity contribution in [1.82, 2.24) is 0 Å². The first kappa shape index (κ1) is 17.0. The van der Waals surface area contributed by atoms with Gasteiger partial charge >= 0.3 is 0 Å². The maximum atomic E-state index is 5.79. The number of aliphatic imine (C=N–C) groups is 2. The lowest BCUT2D eigenvalue weighted by molar-refractivity contribution is 0.0846. The van der Waals surface area contributed by atoms with Gasteiger partial charge in [0.15, 0.2) is 0 Å². The number of ether oxygens (including phenoxy) is 2. The average molecular weight is 312 g/mol. The summed E-state index contributed by atoms with van der Waals surface area (Å²) >= 11 is 1.88. The standard InChI is InChI=1S/C16H28N2O2S/c1-5-13-7-19-11(3)15(17-13)9-21-10-16-12(4)20-8-14(6-2)18-16/h11-14H,5-10H2,1-4H3. The van der Waals surface area contributed by atoms with Crippen LogP contribution in [-0.4, -0.2) is 60.4 Å². The first-order chi connectivity index (χ1) is 10.1. The van der Waals surface area contributed by atoms with Crippen LogP contribution in [0.15, 0.2) is 9.98 Å². The largest absolute Gasteiger partial charge is 0.370 e. The van der Waals surface area contributed by atoms with Gasteiger partial charge in [-0.05, 0) is 26.7 Å². The van der Waals surface area contributed by atoms with Crippen LogP contribution in [0.2, 0.25) is 0 Å². The zero-order valence-electron chi connectivity index (χ0n) is 13.7. The number of hydrogen-bond donors (Lipinski definition) is 0. The van der Waals surface area contributed by atoms with Gasteiger partial charge < -0.3 is 9.47 Å². The zero-order chi connectivity index (χ0) is 15.2. The summed E-state index contributed by atoms with van der Waals surface area (Å²) in [5, 5.41) is 0. The monoisotopic (exact) mass is 312 g/mol. The fraction of sp³-hybridized carbons (Fsp3) is 0.875. The molecule has 0 aromatic carbocycles. The smallest absolute Gasteiger partial charge is 0.0933 e. The first-order valence-corrected chi connectivity index (χ1v) is 9.23. The molecular formula is C16H28N2O2S. The molecule has 0 bridgehead atoms. The van der Waals surface area contributed by atoms with Crippen molar-refractivity contribution in [3.63, 3.8) is 0 Å². The molecule has 4 unspecified atom stereocenters. The van der Waals surface area contributed by atoms with Crippen LogP contribution in [0.1, 0.15) is 40.5 Å². The van der Waals surface area contributed by atoms with Crippen molar-refractivity contribution in [3.05, 3.63) is 0 Å². The summed E-state index contributed by atoms with van der Waals surface area (Å²) in [6.07, 6.45) is 2.42. The maximum absolute atomic E-state index is 5.79. The van der Waals surface area contributed by atoms with Crippen molar-refractivity contribution in [3.8, 4) is 0 Å². The highest BCUT2D eigenvalue weighted by Crippen LogP contribution is 2.17. The summed E-state index contributed by atoms with van der Waals surface area (Å²) < 4.78 is 11.6. The number of nitrogens with zero attached hydrogens (tertiary/aromatic N) is 2. The quantitative estimate of drug-likeness (QED) is 0.757. The Labute approximate surface area is 132 Å². The SMILES string of the molecule is CCC1COC(C)C(CSCC2=NC(CC)COC2C)=N1. The lowest BCUT2D eigenvalue weighted by Gasteiger charge is -2.27. The molecule has 21 heavy (non-hydrogen) atoms. The molecule has 0 aromatic heterocycles. The molecule has 0 N–H and O–H groups in total. The van der Waals surface area contributed by atoms with Gasteiger partial charge in [0.05, 0.1) is 48.9 Å². The molecule has 0 radical (unpaired) electrons. The van der Waals surface area contributed by atoms with Crippen molar-refractivity contribution < 1.29 is 9.47 Å². The van der Waals surface area contributed by atoms with E-state index in [2.05, 4.69) is 27.7 Å². The van der Waals surface area contributed by atoms with Crippen LogP contribution in [0.25, 0.3) is 0 Å². The van der Waals surface area contributed by atoms with Crippen LogP contribution in [-0.2, 0) is 9.47 Å². The Hall–Kier alpha value is -0.390. The van der Waals surface area contributed by atoms with E-state index in [9.17, 15) is 0 Å². The fourth-order valence-electron chi connectivity index (χ4n) is 2.44. The second kappa shape index (κ2) is 8.30. The molecule has 0 amide bonds. The molecule has 0 spiro atoms. The van der Waals surface area contributed by atoms with Crippen LogP contribution < -0.4 is 0 Å². The van der Waals surface area contributed by atoms with E-state index in [1.54, 1.807) is 0 Å². The fourth-order valence-corrected chi connectivity index (χ4v) is 3.58. The summed E-state index contributed by atoms with van der Waals surface area (Å²) in [5.41, 5.74) is 2.38. The van der Waals surface area contributed by atoms with Crippen LogP contribution >= 0.6 is 11.8 Å². The molecule has 5 heteroatoms. The highest BCUT2D eigenvalue weighted by atomic mass is 32.2. The van der Waals surface area contributed by atoms with E-state index in [0.717, 1.165) is 37.6 Å². The van der Waals surface area contributed by atoms with Gasteiger partial charge in [-0.2, -0.15) is 0 Å². The van der Waals surface area contributed by atoms with Crippen molar-refractivity contribution in [1.29, 1.82) is 0 Å². The van der Waals surface area contributed by atoms with Crippen molar-refractivity contribution >= 4 is 23.2 Å². The van der Waals surface area contributed by atoms with E-state index in [0.29, 0.717) is 12.1 Å². The molecule has 4 nitrogen and oxygen atoms in total. The lowest BCUT2D eigenvalue weighted by atomic mass is 10.1. The number of rotatable bonds is 6. The van der Waals surface area contributed by atoms with Crippen LogP contribution in [0.5, 0.6) is 0 Å². The predicted octanol–water partition coefficient (Wildman–Crippen LogP) is 3.00. The van der Waals surface area contributed by atoms with E-state index >= 15 is 0 Å². The molecule has 0 aliphatic carbocycles. The van der Waals surface area contributed by atoms with E-state index in [1.807, 2.05) is 11.8 Å². The highest BCUT2D eigenvalue weighted by Gasteiger charge is 2.23. The molecule has 2 heterocycles. The molecule has 0 saturated heterocycles. The minimum Gasteiger partial charge on any atom is -0.370 e. The van der Waals surface area contributed by atoms with Crippen LogP contribution in [0, 0.1) is 0 Å². The van der Waals surface area contributed by atoms with Crippen molar-refractivity contribution in [2.24, 2.45) is 9.98 Å². The van der Waals surface area contributed by atoms with Gasteiger partial charge in [-0.25, -0.2) is 0 Å². The van der Waals surface area contributed by atoms with Gasteiger partial charge in [-0.1, -0.05) is 13.8 Å². The zero-order valence-corrected chi connectivity index (χ0v) is 14.5. The highest BCUT2D eigenvalue weighted by molar-refractivity contribution is 8.00. The topological polar surface area (TPSA) is 43.2 Å². The van der Waals surface area contributed by atoms with Crippen molar-refractivity contribution in [2.75, 3.05) is 24.7 Å². The summed E-state index contributed by atoms with van der Waals surface area (Å²) in [6.45, 7) is 10.1. The van der Waals surface area contributed by atoms with E-state index < -0.39 is 0 Å². The second-order valence-corrected chi connectivity index (χ2v) is 6.79. The molecule has 2 aliphatic heterocycles. The Kier molecular flexibility index (Phi) is 6.71. The van der Waals surface area contributed by atoms with E-state index in [1.165, 1.54) is 11.4 Å². The third kappa shape index (κ3) is 4.80. The maximum Gasteiger partial charge on any atom is 0.0933 e. The molecule has 2 aliphatic rings. The minimum absolute atomic E-state index is 0.158. The summed E-state index contributed by atoms with van der Waals surface area (Å²) in [7, 11) is 0. The van der Waals surface area contributed by atoms with Gasteiger partial charge in [0.2, 0.25) is 0 Å².